The van der Waals surface area contributed by atoms with Crippen LogP contribution in [0.3, 0.4) is 0 Å². The Morgan fingerprint density at radius 3 is 2.69 bits per heavy atom. The number of carbonyl (C=O) groups excluding carboxylic acids is 2. The molecule has 0 fully saturated rings. The van der Waals surface area contributed by atoms with Gasteiger partial charge < -0.3 is 10.1 Å². The lowest BCUT2D eigenvalue weighted by Crippen LogP contribution is -2.37. The first kappa shape index (κ1) is 19.4. The minimum atomic E-state index is -0.862. The second-order valence-electron chi connectivity index (χ2n) is 5.13. The van der Waals surface area contributed by atoms with Gasteiger partial charge in [-0.1, -0.05) is 29.8 Å². The summed E-state index contributed by atoms with van der Waals surface area (Å²) in [6.45, 7) is 2.09. The van der Waals surface area contributed by atoms with E-state index in [4.69, 9.17) is 16.3 Å². The Morgan fingerprint density at radius 1 is 1.23 bits per heavy atom. The summed E-state index contributed by atoms with van der Waals surface area (Å²) in [4.78, 5) is 22.6. The van der Waals surface area contributed by atoms with Crippen molar-refractivity contribution in [2.75, 3.05) is 6.54 Å². The number of ether oxygens (including phenoxy) is 1. The molecule has 0 atom stereocenters. The summed E-state index contributed by atoms with van der Waals surface area (Å²) >= 11 is 6.14. The van der Waals surface area contributed by atoms with Crippen molar-refractivity contribution < 1.29 is 18.7 Å². The molecule has 2 N–H and O–H groups in total. The Balaban J connectivity index is 1.94. The van der Waals surface area contributed by atoms with Gasteiger partial charge in [-0.3, -0.25) is 9.59 Å². The number of likely N-dealkylation sites (N-methyl/N-ethyl adjacent to an activating group) is 1. The highest BCUT2D eigenvalue weighted by Gasteiger charge is 2.10. The van der Waals surface area contributed by atoms with Gasteiger partial charge in [0.15, 0.2) is 0 Å². The molecule has 0 aliphatic heterocycles. The summed E-state index contributed by atoms with van der Waals surface area (Å²) in [7, 11) is 0. The summed E-state index contributed by atoms with van der Waals surface area (Å²) in [6.07, 6.45) is 1.34. The molecule has 2 amide bonds. The molecule has 2 aromatic carbocycles. The van der Waals surface area contributed by atoms with Crippen LogP contribution in [0.15, 0.2) is 47.6 Å². The minimum absolute atomic E-state index is 0.0441. The minimum Gasteiger partial charge on any atom is -0.487 e. The van der Waals surface area contributed by atoms with Crippen LogP contribution in [0.5, 0.6) is 5.75 Å². The van der Waals surface area contributed by atoms with E-state index in [9.17, 15) is 14.0 Å². The van der Waals surface area contributed by atoms with Crippen molar-refractivity contribution in [2.45, 2.75) is 13.5 Å². The van der Waals surface area contributed by atoms with Crippen molar-refractivity contribution in [3.05, 3.63) is 64.4 Å². The number of nitrogens with zero attached hydrogens (tertiary/aromatic N) is 1. The van der Waals surface area contributed by atoms with Crippen molar-refractivity contribution in [2.24, 2.45) is 5.10 Å². The molecule has 0 aliphatic rings. The predicted molar refractivity (Wildman–Crippen MR) is 96.6 cm³/mol. The first-order valence-corrected chi connectivity index (χ1v) is 8.16. The molecule has 2 aromatic rings. The maximum Gasteiger partial charge on any atom is 0.329 e. The third kappa shape index (κ3) is 5.56. The molecule has 0 aromatic heterocycles. The molecule has 6 nitrogen and oxygen atoms in total. The Bertz CT molecular complexity index is 827. The van der Waals surface area contributed by atoms with Crippen LogP contribution in [0.2, 0.25) is 5.02 Å². The van der Waals surface area contributed by atoms with Crippen molar-refractivity contribution in [3.63, 3.8) is 0 Å². The summed E-state index contributed by atoms with van der Waals surface area (Å²) in [5.41, 5.74) is 3.11. The van der Waals surface area contributed by atoms with E-state index in [1.165, 1.54) is 12.3 Å². The van der Waals surface area contributed by atoms with Gasteiger partial charge in [0.05, 0.1) is 11.2 Å². The van der Waals surface area contributed by atoms with Gasteiger partial charge in [-0.15, -0.1) is 0 Å². The standard InChI is InChI=1S/C18H17ClFN3O3/c1-2-21-17(24)18(25)23-22-10-12-7-8-16(14(19)9-12)26-11-13-5-3-4-6-15(13)20/h3-10H,2,11H2,1H3,(H,21,24)(H,23,25)/b22-10-. The molecule has 2 rings (SSSR count). The fourth-order valence-electron chi connectivity index (χ4n) is 1.94. The molecule has 136 valence electrons. The number of amides is 2. The van der Waals surface area contributed by atoms with Crippen LogP contribution in [0.1, 0.15) is 18.1 Å². The maximum absolute atomic E-state index is 13.6. The zero-order valence-electron chi connectivity index (χ0n) is 14.0. The average Bonchev–Trinajstić information content (AvgIpc) is 2.62. The topological polar surface area (TPSA) is 79.8 Å². The van der Waals surface area contributed by atoms with Crippen LogP contribution in [0.25, 0.3) is 0 Å². The first-order valence-electron chi connectivity index (χ1n) is 7.78. The highest BCUT2D eigenvalue weighted by molar-refractivity contribution is 6.35. The average molecular weight is 378 g/mol. The van der Waals surface area contributed by atoms with Gasteiger partial charge in [0.1, 0.15) is 18.2 Å². The van der Waals surface area contributed by atoms with Crippen LogP contribution in [-0.4, -0.2) is 24.6 Å². The van der Waals surface area contributed by atoms with Crippen molar-refractivity contribution >= 4 is 29.6 Å². The smallest absolute Gasteiger partial charge is 0.329 e. The zero-order valence-corrected chi connectivity index (χ0v) is 14.7. The molecule has 0 spiro atoms. The van der Waals surface area contributed by atoms with Gasteiger partial charge in [0.2, 0.25) is 0 Å². The fraction of sp³-hybridized carbons (Fsp3) is 0.167. The van der Waals surface area contributed by atoms with E-state index < -0.39 is 11.8 Å². The summed E-state index contributed by atoms with van der Waals surface area (Å²) in [5.74, 6) is -1.59. The lowest BCUT2D eigenvalue weighted by molar-refractivity contribution is -0.139. The molecule has 0 heterocycles. The number of hydrogen-bond donors (Lipinski definition) is 2. The second-order valence-corrected chi connectivity index (χ2v) is 5.54. The van der Waals surface area contributed by atoms with E-state index in [0.717, 1.165) is 0 Å². The van der Waals surface area contributed by atoms with Crippen LogP contribution >= 0.6 is 11.6 Å². The Kier molecular flexibility index (Phi) is 7.11. The Labute approximate surface area is 155 Å². The highest BCUT2D eigenvalue weighted by Crippen LogP contribution is 2.26. The maximum atomic E-state index is 13.6. The van der Waals surface area contributed by atoms with Gasteiger partial charge in [-0.25, -0.2) is 9.82 Å². The number of carbonyl (C=O) groups is 2. The summed E-state index contributed by atoms with van der Waals surface area (Å²) < 4.78 is 19.1. The Morgan fingerprint density at radius 2 is 2.00 bits per heavy atom. The molecule has 0 radical (unpaired) electrons. The van der Waals surface area contributed by atoms with E-state index in [0.29, 0.717) is 28.4 Å². The van der Waals surface area contributed by atoms with E-state index in [2.05, 4.69) is 15.8 Å². The van der Waals surface area contributed by atoms with Gasteiger partial charge in [0.25, 0.3) is 0 Å². The molecule has 0 saturated heterocycles. The number of rotatable bonds is 6. The quantitative estimate of drug-likeness (QED) is 0.461. The van der Waals surface area contributed by atoms with Crippen LogP contribution < -0.4 is 15.5 Å². The van der Waals surface area contributed by atoms with Crippen LogP contribution in [0, 0.1) is 5.82 Å². The fourth-order valence-corrected chi connectivity index (χ4v) is 2.19. The van der Waals surface area contributed by atoms with E-state index >= 15 is 0 Å². The lowest BCUT2D eigenvalue weighted by atomic mass is 10.2. The monoisotopic (exact) mass is 377 g/mol. The predicted octanol–water partition coefficient (Wildman–Crippen LogP) is 2.64. The molecule has 0 aliphatic carbocycles. The van der Waals surface area contributed by atoms with E-state index in [-0.39, 0.29) is 12.4 Å². The van der Waals surface area contributed by atoms with Crippen molar-refractivity contribution in [1.82, 2.24) is 10.7 Å². The largest absolute Gasteiger partial charge is 0.487 e. The summed E-state index contributed by atoms with van der Waals surface area (Å²) in [5, 5.41) is 6.35. The van der Waals surface area contributed by atoms with E-state index in [1.807, 2.05) is 0 Å². The van der Waals surface area contributed by atoms with E-state index in [1.54, 1.807) is 43.3 Å². The molecular weight excluding hydrogens is 361 g/mol. The molecule has 26 heavy (non-hydrogen) atoms. The highest BCUT2D eigenvalue weighted by atomic mass is 35.5. The third-order valence-corrected chi connectivity index (χ3v) is 3.52. The molecule has 8 heteroatoms. The first-order chi connectivity index (χ1) is 12.5. The zero-order chi connectivity index (χ0) is 18.9. The number of nitrogens with one attached hydrogen (secondary N) is 2. The van der Waals surface area contributed by atoms with Gasteiger partial charge in [-0.05, 0) is 36.8 Å². The lowest BCUT2D eigenvalue weighted by Gasteiger charge is -2.09. The SMILES string of the molecule is CCNC(=O)C(=O)N/N=C\c1ccc(OCc2ccccc2F)c(Cl)c1. The molecule has 0 unspecified atom stereocenters. The van der Waals surface area contributed by atoms with Crippen LogP contribution in [-0.2, 0) is 16.2 Å². The third-order valence-electron chi connectivity index (χ3n) is 3.22. The molecule has 0 saturated carbocycles. The van der Waals surface area contributed by atoms with Crippen molar-refractivity contribution in [3.8, 4) is 5.75 Å². The van der Waals surface area contributed by atoms with Crippen molar-refractivity contribution in [1.29, 1.82) is 0 Å². The van der Waals surface area contributed by atoms with Gasteiger partial charge in [0, 0.05) is 12.1 Å². The second kappa shape index (κ2) is 9.53. The number of halogens is 2. The van der Waals surface area contributed by atoms with Gasteiger partial charge >= 0.3 is 11.8 Å². The number of benzene rings is 2. The molecule has 0 bridgehead atoms. The summed E-state index contributed by atoms with van der Waals surface area (Å²) in [6, 6.07) is 11.1. The molecular formula is C18H17ClFN3O3. The van der Waals surface area contributed by atoms with Crippen LogP contribution in [0.4, 0.5) is 4.39 Å². The van der Waals surface area contributed by atoms with Gasteiger partial charge in [-0.2, -0.15) is 5.10 Å². The number of hydrogen-bond acceptors (Lipinski definition) is 4. The Hall–Kier alpha value is -2.93. The number of hydrazone groups is 1. The normalized spacial score (nSPS) is 10.6.